The lowest BCUT2D eigenvalue weighted by Gasteiger charge is -2.11. The number of hydrogen-bond donors (Lipinski definition) is 1. The second kappa shape index (κ2) is 6.90. The third-order valence-corrected chi connectivity index (χ3v) is 4.39. The maximum absolute atomic E-state index is 13.5. The van der Waals surface area contributed by atoms with Gasteiger partial charge in [-0.25, -0.2) is 4.39 Å². The molecule has 0 aliphatic carbocycles. The normalized spacial score (nSPS) is 12.6. The molecule has 2 rings (SSSR count). The van der Waals surface area contributed by atoms with Gasteiger partial charge in [0.05, 0.1) is 5.69 Å². The largest absolute Gasteiger partial charge is 0.327 e. The molecular weight excluding hydrogens is 273 g/mol. The summed E-state index contributed by atoms with van der Waals surface area (Å²) in [5, 5.41) is 4.41. The molecule has 2 aromatic rings. The predicted molar refractivity (Wildman–Crippen MR) is 81.4 cm³/mol. The second-order valence-electron chi connectivity index (χ2n) is 4.81. The zero-order chi connectivity index (χ0) is 14.5. The third-order valence-electron chi connectivity index (χ3n) is 3.15. The van der Waals surface area contributed by atoms with Crippen LogP contribution in [0.2, 0.25) is 0 Å². The van der Waals surface area contributed by atoms with E-state index in [-0.39, 0.29) is 11.9 Å². The van der Waals surface area contributed by atoms with Crippen molar-refractivity contribution >= 4 is 11.8 Å². The molecule has 1 unspecified atom stereocenters. The Morgan fingerprint density at radius 1 is 1.40 bits per heavy atom. The van der Waals surface area contributed by atoms with Crippen molar-refractivity contribution in [1.29, 1.82) is 0 Å². The topological polar surface area (TPSA) is 43.8 Å². The van der Waals surface area contributed by atoms with E-state index in [9.17, 15) is 4.39 Å². The van der Waals surface area contributed by atoms with E-state index in [1.54, 1.807) is 12.1 Å². The molecule has 0 saturated carbocycles. The molecule has 2 N–H and O–H groups in total. The molecule has 0 bridgehead atoms. The van der Waals surface area contributed by atoms with E-state index in [0.717, 1.165) is 24.2 Å². The quantitative estimate of drug-likeness (QED) is 0.833. The number of nitrogens with zero attached hydrogens (tertiary/aromatic N) is 2. The van der Waals surface area contributed by atoms with E-state index in [4.69, 9.17) is 5.73 Å². The van der Waals surface area contributed by atoms with E-state index < -0.39 is 0 Å². The van der Waals surface area contributed by atoms with Gasteiger partial charge in [-0.05, 0) is 24.6 Å². The first-order chi connectivity index (χ1) is 9.60. The molecule has 1 aromatic heterocycles. The summed E-state index contributed by atoms with van der Waals surface area (Å²) in [5.74, 6) is 0.506. The molecule has 1 atom stereocenters. The molecule has 0 aliphatic heterocycles. The lowest BCUT2D eigenvalue weighted by Crippen LogP contribution is -2.26. The highest BCUT2D eigenvalue weighted by Gasteiger charge is 2.11. The molecule has 0 amide bonds. The first-order valence-electron chi connectivity index (χ1n) is 6.74. The first-order valence-corrected chi connectivity index (χ1v) is 7.73. The van der Waals surface area contributed by atoms with Crippen molar-refractivity contribution in [3.05, 3.63) is 47.5 Å². The second-order valence-corrected chi connectivity index (χ2v) is 5.87. The van der Waals surface area contributed by atoms with Crippen LogP contribution in [0.25, 0.3) is 0 Å². The lowest BCUT2D eigenvalue weighted by molar-refractivity contribution is 0.601. The molecule has 0 radical (unpaired) electrons. The molecule has 0 spiro atoms. The van der Waals surface area contributed by atoms with E-state index in [1.807, 2.05) is 17.8 Å². The van der Waals surface area contributed by atoms with Crippen LogP contribution in [0.4, 0.5) is 4.39 Å². The van der Waals surface area contributed by atoms with E-state index >= 15 is 0 Å². The fourth-order valence-electron chi connectivity index (χ4n) is 2.02. The number of benzene rings is 1. The molecule has 0 aliphatic rings. The van der Waals surface area contributed by atoms with Crippen LogP contribution in [0.15, 0.2) is 35.2 Å². The van der Waals surface area contributed by atoms with Gasteiger partial charge in [0.2, 0.25) is 0 Å². The molecule has 1 heterocycles. The summed E-state index contributed by atoms with van der Waals surface area (Å²) in [6, 6.07) is 8.87. The standard InChI is InChI=1S/C15H20FN3S/c1-3-12-9-13(19(2)18-12)8-11(17)10-20-15-7-5-4-6-14(15)16/h4-7,9,11H,3,8,10,17H2,1-2H3. The average molecular weight is 293 g/mol. The Labute approximate surface area is 123 Å². The number of aryl methyl sites for hydroxylation is 2. The lowest BCUT2D eigenvalue weighted by atomic mass is 10.2. The molecule has 108 valence electrons. The van der Waals surface area contributed by atoms with Crippen LogP contribution in [-0.4, -0.2) is 21.6 Å². The Balaban J connectivity index is 1.91. The highest BCUT2D eigenvalue weighted by Crippen LogP contribution is 2.22. The van der Waals surface area contributed by atoms with Crippen LogP contribution in [0.1, 0.15) is 18.3 Å². The van der Waals surface area contributed by atoms with Gasteiger partial charge in [-0.2, -0.15) is 5.10 Å². The number of hydrogen-bond acceptors (Lipinski definition) is 3. The number of nitrogens with two attached hydrogens (primary N) is 1. The molecule has 5 heteroatoms. The molecule has 1 aromatic carbocycles. The number of rotatable bonds is 6. The molecule has 0 saturated heterocycles. The zero-order valence-corrected chi connectivity index (χ0v) is 12.7. The van der Waals surface area contributed by atoms with Gasteiger partial charge in [0.25, 0.3) is 0 Å². The van der Waals surface area contributed by atoms with Crippen LogP contribution in [-0.2, 0) is 19.9 Å². The number of aromatic nitrogens is 2. The fourth-order valence-corrected chi connectivity index (χ4v) is 2.91. The van der Waals surface area contributed by atoms with Crippen LogP contribution >= 0.6 is 11.8 Å². The summed E-state index contributed by atoms with van der Waals surface area (Å²) in [4.78, 5) is 0.655. The molecule has 3 nitrogen and oxygen atoms in total. The predicted octanol–water partition coefficient (Wildman–Crippen LogP) is 2.78. The number of thioether (sulfide) groups is 1. The zero-order valence-electron chi connectivity index (χ0n) is 11.8. The maximum atomic E-state index is 13.5. The van der Waals surface area contributed by atoms with E-state index in [1.165, 1.54) is 17.8 Å². The van der Waals surface area contributed by atoms with Crippen LogP contribution < -0.4 is 5.73 Å². The van der Waals surface area contributed by atoms with Crippen molar-refractivity contribution in [2.75, 3.05) is 5.75 Å². The van der Waals surface area contributed by atoms with Gasteiger partial charge < -0.3 is 5.73 Å². The highest BCUT2D eigenvalue weighted by molar-refractivity contribution is 7.99. The van der Waals surface area contributed by atoms with Gasteiger partial charge in [-0.1, -0.05) is 19.1 Å². The summed E-state index contributed by atoms with van der Waals surface area (Å²) in [5.41, 5.74) is 8.35. The Bertz CT molecular complexity index is 568. The summed E-state index contributed by atoms with van der Waals surface area (Å²) >= 11 is 1.46. The van der Waals surface area contributed by atoms with Gasteiger partial charge in [-0.15, -0.1) is 11.8 Å². The van der Waals surface area contributed by atoms with Gasteiger partial charge in [0, 0.05) is 35.9 Å². The molecule has 20 heavy (non-hydrogen) atoms. The minimum Gasteiger partial charge on any atom is -0.327 e. The Kier molecular flexibility index (Phi) is 5.20. The molecule has 0 fully saturated rings. The molecular formula is C15H20FN3S. The van der Waals surface area contributed by atoms with E-state index in [0.29, 0.717) is 10.6 Å². The highest BCUT2D eigenvalue weighted by atomic mass is 32.2. The van der Waals surface area contributed by atoms with Crippen LogP contribution in [0.3, 0.4) is 0 Å². The smallest absolute Gasteiger partial charge is 0.136 e. The van der Waals surface area contributed by atoms with Crippen molar-refractivity contribution in [3.8, 4) is 0 Å². The summed E-state index contributed by atoms with van der Waals surface area (Å²) in [6.07, 6.45) is 1.68. The summed E-state index contributed by atoms with van der Waals surface area (Å²) in [6.45, 7) is 2.08. The van der Waals surface area contributed by atoms with Gasteiger partial charge in [-0.3, -0.25) is 4.68 Å². The monoisotopic (exact) mass is 293 g/mol. The van der Waals surface area contributed by atoms with Gasteiger partial charge >= 0.3 is 0 Å². The summed E-state index contributed by atoms with van der Waals surface area (Å²) in [7, 11) is 1.94. The van der Waals surface area contributed by atoms with Crippen LogP contribution in [0.5, 0.6) is 0 Å². The minimum atomic E-state index is -0.182. The fraction of sp³-hybridized carbons (Fsp3) is 0.400. The SMILES string of the molecule is CCc1cc(CC(N)CSc2ccccc2F)n(C)n1. The Hall–Kier alpha value is -1.33. The summed E-state index contributed by atoms with van der Waals surface area (Å²) < 4.78 is 15.4. The van der Waals surface area contributed by atoms with Crippen LogP contribution in [0, 0.1) is 5.82 Å². The Morgan fingerprint density at radius 2 is 2.15 bits per heavy atom. The van der Waals surface area contributed by atoms with Gasteiger partial charge in [0.15, 0.2) is 0 Å². The number of halogens is 1. The van der Waals surface area contributed by atoms with Crippen molar-refractivity contribution in [2.45, 2.75) is 30.7 Å². The van der Waals surface area contributed by atoms with Crippen molar-refractivity contribution in [3.63, 3.8) is 0 Å². The van der Waals surface area contributed by atoms with Crippen molar-refractivity contribution < 1.29 is 4.39 Å². The third kappa shape index (κ3) is 3.84. The van der Waals surface area contributed by atoms with E-state index in [2.05, 4.69) is 18.1 Å². The Morgan fingerprint density at radius 3 is 2.80 bits per heavy atom. The average Bonchev–Trinajstić information content (AvgIpc) is 2.78. The van der Waals surface area contributed by atoms with Gasteiger partial charge in [0.1, 0.15) is 5.82 Å². The first kappa shape index (κ1) is 15.1. The van der Waals surface area contributed by atoms with Crippen molar-refractivity contribution in [2.24, 2.45) is 12.8 Å². The van der Waals surface area contributed by atoms with Crippen molar-refractivity contribution in [1.82, 2.24) is 9.78 Å². The minimum absolute atomic E-state index is 0.0142. The maximum Gasteiger partial charge on any atom is 0.136 e.